The molecule has 0 saturated heterocycles. The first-order chi connectivity index (χ1) is 8.79. The fourth-order valence-electron chi connectivity index (χ4n) is 2.00. The van der Waals surface area contributed by atoms with Crippen LogP contribution in [0, 0.1) is 0 Å². The molecule has 0 atom stereocenters. The summed E-state index contributed by atoms with van der Waals surface area (Å²) in [6.45, 7) is 4.32. The van der Waals surface area contributed by atoms with Gasteiger partial charge in [0, 0.05) is 6.42 Å². The third-order valence-corrected chi connectivity index (χ3v) is 3.86. The van der Waals surface area contributed by atoms with Crippen LogP contribution in [0.15, 0.2) is 0 Å². The van der Waals surface area contributed by atoms with Gasteiger partial charge >= 0.3 is 0 Å². The highest BCUT2D eigenvalue weighted by atomic mass is 32.1. The second-order valence-electron chi connectivity index (χ2n) is 4.74. The van der Waals surface area contributed by atoms with E-state index >= 15 is 0 Å². The SMILES string of the molecule is CCCCCCCCC(=O)c1snnc1CCC. The normalized spacial score (nSPS) is 10.8. The Morgan fingerprint density at radius 2 is 1.78 bits per heavy atom. The number of aryl methyl sites for hydroxylation is 1. The fraction of sp³-hybridized carbons (Fsp3) is 0.786. The summed E-state index contributed by atoms with van der Waals surface area (Å²) in [6, 6.07) is 0. The van der Waals surface area contributed by atoms with Crippen molar-refractivity contribution in [1.29, 1.82) is 0 Å². The maximum atomic E-state index is 12.0. The van der Waals surface area contributed by atoms with E-state index in [1.54, 1.807) is 0 Å². The molecular weight excluding hydrogens is 244 g/mol. The Balaban J connectivity index is 2.25. The zero-order valence-corrected chi connectivity index (χ0v) is 12.4. The highest BCUT2D eigenvalue weighted by molar-refractivity contribution is 7.08. The zero-order chi connectivity index (χ0) is 13.2. The number of unbranched alkanes of at least 4 members (excludes halogenated alkanes) is 5. The highest BCUT2D eigenvalue weighted by Gasteiger charge is 2.14. The maximum absolute atomic E-state index is 12.0. The van der Waals surface area contributed by atoms with E-state index in [0.29, 0.717) is 6.42 Å². The van der Waals surface area contributed by atoms with Crippen molar-refractivity contribution < 1.29 is 4.79 Å². The minimum atomic E-state index is 0.240. The van der Waals surface area contributed by atoms with Crippen LogP contribution in [0.5, 0.6) is 0 Å². The van der Waals surface area contributed by atoms with Gasteiger partial charge in [-0.2, -0.15) is 0 Å². The second-order valence-corrected chi connectivity index (χ2v) is 5.49. The zero-order valence-electron chi connectivity index (χ0n) is 11.6. The van der Waals surface area contributed by atoms with Crippen LogP contribution in [-0.4, -0.2) is 15.4 Å². The Morgan fingerprint density at radius 1 is 1.06 bits per heavy atom. The fourth-order valence-corrected chi connectivity index (χ4v) is 2.67. The molecule has 102 valence electrons. The van der Waals surface area contributed by atoms with E-state index in [2.05, 4.69) is 23.4 Å². The monoisotopic (exact) mass is 268 g/mol. The number of rotatable bonds is 10. The molecule has 0 aromatic carbocycles. The molecule has 0 radical (unpaired) electrons. The molecule has 4 heteroatoms. The van der Waals surface area contributed by atoms with Gasteiger partial charge in [0.15, 0.2) is 5.78 Å². The number of carbonyl (C=O) groups excluding carboxylic acids is 1. The van der Waals surface area contributed by atoms with Gasteiger partial charge in [0.1, 0.15) is 4.88 Å². The van der Waals surface area contributed by atoms with Crippen LogP contribution in [0.3, 0.4) is 0 Å². The standard InChI is InChI=1S/C14H24N2OS/c1-3-5-6-7-8-9-11-13(17)14-12(10-4-2)15-16-18-14/h3-11H2,1-2H3. The minimum Gasteiger partial charge on any atom is -0.293 e. The number of hydrogen-bond donors (Lipinski definition) is 0. The summed E-state index contributed by atoms with van der Waals surface area (Å²) in [5.74, 6) is 0.240. The van der Waals surface area contributed by atoms with Gasteiger partial charge in [0.25, 0.3) is 0 Å². The van der Waals surface area contributed by atoms with Crippen molar-refractivity contribution in [2.45, 2.75) is 71.6 Å². The molecule has 0 bridgehead atoms. The van der Waals surface area contributed by atoms with Gasteiger partial charge in [0.2, 0.25) is 0 Å². The molecule has 0 spiro atoms. The molecule has 1 aromatic rings. The quantitative estimate of drug-likeness (QED) is 0.466. The molecule has 1 rings (SSSR count). The molecule has 0 aliphatic rings. The van der Waals surface area contributed by atoms with Crippen LogP contribution < -0.4 is 0 Å². The molecule has 18 heavy (non-hydrogen) atoms. The third kappa shape index (κ3) is 5.25. The van der Waals surface area contributed by atoms with Crippen molar-refractivity contribution in [2.24, 2.45) is 0 Å². The molecule has 0 saturated carbocycles. The largest absolute Gasteiger partial charge is 0.293 e. The number of hydrogen-bond acceptors (Lipinski definition) is 4. The Labute approximate surface area is 114 Å². The van der Waals surface area contributed by atoms with Gasteiger partial charge in [-0.1, -0.05) is 56.9 Å². The smallest absolute Gasteiger partial charge is 0.176 e. The predicted molar refractivity (Wildman–Crippen MR) is 76.2 cm³/mol. The molecule has 0 amide bonds. The van der Waals surface area contributed by atoms with Crippen molar-refractivity contribution in [1.82, 2.24) is 9.59 Å². The lowest BCUT2D eigenvalue weighted by Gasteiger charge is -2.01. The van der Waals surface area contributed by atoms with Crippen molar-refractivity contribution in [3.05, 3.63) is 10.6 Å². The highest BCUT2D eigenvalue weighted by Crippen LogP contribution is 2.17. The van der Waals surface area contributed by atoms with Crippen molar-refractivity contribution in [3.63, 3.8) is 0 Å². The lowest BCUT2D eigenvalue weighted by Crippen LogP contribution is -2.01. The number of carbonyl (C=O) groups is 1. The van der Waals surface area contributed by atoms with E-state index in [4.69, 9.17) is 0 Å². The van der Waals surface area contributed by atoms with Crippen molar-refractivity contribution in [3.8, 4) is 0 Å². The van der Waals surface area contributed by atoms with E-state index in [9.17, 15) is 4.79 Å². The Kier molecular flexibility index (Phi) is 7.81. The van der Waals surface area contributed by atoms with Gasteiger partial charge < -0.3 is 0 Å². The summed E-state index contributed by atoms with van der Waals surface area (Å²) in [5, 5.41) is 4.04. The summed E-state index contributed by atoms with van der Waals surface area (Å²) in [7, 11) is 0. The van der Waals surface area contributed by atoms with Crippen LogP contribution in [0.25, 0.3) is 0 Å². The van der Waals surface area contributed by atoms with E-state index in [0.717, 1.165) is 29.8 Å². The number of nitrogens with zero attached hydrogens (tertiary/aromatic N) is 2. The van der Waals surface area contributed by atoms with Crippen molar-refractivity contribution >= 4 is 17.3 Å². The minimum absolute atomic E-state index is 0.240. The first kappa shape index (κ1) is 15.3. The third-order valence-electron chi connectivity index (χ3n) is 3.05. The lowest BCUT2D eigenvalue weighted by atomic mass is 10.1. The maximum Gasteiger partial charge on any atom is 0.176 e. The van der Waals surface area contributed by atoms with E-state index in [-0.39, 0.29) is 5.78 Å². The molecule has 0 unspecified atom stereocenters. The molecule has 0 aliphatic heterocycles. The first-order valence-electron chi connectivity index (χ1n) is 7.14. The summed E-state index contributed by atoms with van der Waals surface area (Å²) in [6.07, 6.45) is 9.85. The Hall–Kier alpha value is -0.770. The van der Waals surface area contributed by atoms with Gasteiger partial charge in [-0.3, -0.25) is 4.79 Å². The summed E-state index contributed by atoms with van der Waals surface area (Å²) < 4.78 is 3.90. The first-order valence-corrected chi connectivity index (χ1v) is 7.91. The molecule has 0 N–H and O–H groups in total. The van der Waals surface area contributed by atoms with Crippen LogP contribution in [0.1, 0.15) is 80.6 Å². The topological polar surface area (TPSA) is 42.9 Å². The molecule has 0 fully saturated rings. The molecule has 3 nitrogen and oxygen atoms in total. The number of aromatic nitrogens is 2. The Morgan fingerprint density at radius 3 is 2.50 bits per heavy atom. The van der Waals surface area contributed by atoms with Gasteiger partial charge in [0.05, 0.1) is 5.69 Å². The van der Waals surface area contributed by atoms with Crippen LogP contribution in [-0.2, 0) is 6.42 Å². The molecule has 1 aromatic heterocycles. The van der Waals surface area contributed by atoms with E-state index in [1.807, 2.05) is 0 Å². The second kappa shape index (κ2) is 9.20. The van der Waals surface area contributed by atoms with E-state index < -0.39 is 0 Å². The summed E-state index contributed by atoms with van der Waals surface area (Å²) in [5.41, 5.74) is 0.901. The number of ketones is 1. The van der Waals surface area contributed by atoms with Crippen LogP contribution in [0.4, 0.5) is 0 Å². The molecule has 0 aliphatic carbocycles. The molecule has 1 heterocycles. The van der Waals surface area contributed by atoms with E-state index in [1.165, 1.54) is 43.6 Å². The Bertz CT molecular complexity index is 349. The molecular formula is C14H24N2OS. The summed E-state index contributed by atoms with van der Waals surface area (Å²) in [4.78, 5) is 12.8. The average Bonchev–Trinajstić information content (AvgIpc) is 2.82. The van der Waals surface area contributed by atoms with Gasteiger partial charge in [-0.15, -0.1) is 5.10 Å². The van der Waals surface area contributed by atoms with Crippen LogP contribution >= 0.6 is 11.5 Å². The van der Waals surface area contributed by atoms with Gasteiger partial charge in [-0.05, 0) is 24.4 Å². The van der Waals surface area contributed by atoms with Crippen LogP contribution in [0.2, 0.25) is 0 Å². The van der Waals surface area contributed by atoms with Crippen molar-refractivity contribution in [2.75, 3.05) is 0 Å². The summed E-state index contributed by atoms with van der Waals surface area (Å²) >= 11 is 1.26. The average molecular weight is 268 g/mol. The number of Topliss-reactive ketones (excluding diaryl/α,β-unsaturated/α-hetero) is 1. The lowest BCUT2D eigenvalue weighted by molar-refractivity contribution is 0.0982. The van der Waals surface area contributed by atoms with Gasteiger partial charge in [-0.25, -0.2) is 0 Å². The predicted octanol–water partition coefficient (Wildman–Crippen LogP) is 4.42.